The summed E-state index contributed by atoms with van der Waals surface area (Å²) >= 11 is 1.34. The van der Waals surface area contributed by atoms with Crippen LogP contribution in [0.15, 0.2) is 48.5 Å². The van der Waals surface area contributed by atoms with Crippen LogP contribution in [-0.4, -0.2) is 5.17 Å². The van der Waals surface area contributed by atoms with Crippen LogP contribution < -0.4 is 5.73 Å². The van der Waals surface area contributed by atoms with Crippen LogP contribution in [0.25, 0.3) is 11.1 Å². The molecule has 0 fully saturated rings. The first-order chi connectivity index (χ1) is 9.61. The number of hydrogen-bond donors (Lipinski definition) is 2. The largest absolute Gasteiger partial charge is 0.379 e. The van der Waals surface area contributed by atoms with Crippen molar-refractivity contribution in [2.24, 2.45) is 5.73 Å². The number of halogens is 1. The molecule has 2 aromatic rings. The van der Waals surface area contributed by atoms with Gasteiger partial charge in [0.25, 0.3) is 0 Å². The molecule has 1 atom stereocenters. The number of nitrogens with one attached hydrogen (secondary N) is 1. The molecule has 0 aliphatic rings. The summed E-state index contributed by atoms with van der Waals surface area (Å²) in [6, 6.07) is 14.5. The van der Waals surface area contributed by atoms with E-state index in [1.807, 2.05) is 30.3 Å². The zero-order valence-electron chi connectivity index (χ0n) is 11.3. The average Bonchev–Trinajstić information content (AvgIpc) is 2.45. The van der Waals surface area contributed by atoms with Crippen LogP contribution >= 0.6 is 11.8 Å². The maximum Gasteiger partial charge on any atom is 0.151 e. The molecule has 0 aliphatic heterocycles. The van der Waals surface area contributed by atoms with Gasteiger partial charge in [-0.3, -0.25) is 5.41 Å². The van der Waals surface area contributed by atoms with Gasteiger partial charge < -0.3 is 5.73 Å². The molecule has 2 aromatic carbocycles. The minimum atomic E-state index is -0.217. The van der Waals surface area contributed by atoms with Crippen molar-refractivity contribution in [3.05, 3.63) is 59.9 Å². The highest BCUT2D eigenvalue weighted by Crippen LogP contribution is 2.33. The van der Waals surface area contributed by atoms with E-state index in [0.717, 1.165) is 17.5 Å². The maximum atomic E-state index is 13.7. The first-order valence-corrected chi connectivity index (χ1v) is 7.35. The van der Waals surface area contributed by atoms with Crippen LogP contribution in [-0.2, 0) is 0 Å². The lowest BCUT2D eigenvalue weighted by Crippen LogP contribution is -2.07. The third-order valence-electron chi connectivity index (χ3n) is 3.11. The fourth-order valence-corrected chi connectivity index (χ4v) is 2.88. The molecule has 0 amide bonds. The fraction of sp³-hybridized carbons (Fsp3) is 0.188. The van der Waals surface area contributed by atoms with Crippen LogP contribution in [0.5, 0.6) is 0 Å². The average molecular weight is 288 g/mol. The third-order valence-corrected chi connectivity index (χ3v) is 4.25. The van der Waals surface area contributed by atoms with Crippen molar-refractivity contribution in [3.8, 4) is 11.1 Å². The number of benzene rings is 2. The van der Waals surface area contributed by atoms with Gasteiger partial charge in [0.05, 0.1) is 0 Å². The van der Waals surface area contributed by atoms with Crippen molar-refractivity contribution in [2.45, 2.75) is 18.6 Å². The minimum Gasteiger partial charge on any atom is -0.379 e. The number of amidine groups is 1. The molecular formula is C16H17FN2S. The van der Waals surface area contributed by atoms with Gasteiger partial charge in [0, 0.05) is 10.8 Å². The van der Waals surface area contributed by atoms with Gasteiger partial charge in [0.15, 0.2) is 5.17 Å². The molecule has 2 nitrogen and oxygen atoms in total. The summed E-state index contributed by atoms with van der Waals surface area (Å²) in [5, 5.41) is 7.66. The van der Waals surface area contributed by atoms with E-state index in [9.17, 15) is 4.39 Å². The van der Waals surface area contributed by atoms with Gasteiger partial charge in [-0.05, 0) is 23.6 Å². The van der Waals surface area contributed by atoms with E-state index in [1.54, 1.807) is 12.1 Å². The molecule has 0 unspecified atom stereocenters. The Balaban J connectivity index is 2.26. The lowest BCUT2D eigenvalue weighted by atomic mass is 10.0. The molecule has 20 heavy (non-hydrogen) atoms. The van der Waals surface area contributed by atoms with E-state index in [4.69, 9.17) is 11.1 Å². The van der Waals surface area contributed by atoms with Crippen LogP contribution in [0.3, 0.4) is 0 Å². The van der Waals surface area contributed by atoms with E-state index in [1.165, 1.54) is 17.8 Å². The Hall–Kier alpha value is -1.81. The second kappa shape index (κ2) is 6.57. The van der Waals surface area contributed by atoms with E-state index in [-0.39, 0.29) is 16.2 Å². The Morgan fingerprint density at radius 3 is 2.40 bits per heavy atom. The van der Waals surface area contributed by atoms with Crippen LogP contribution in [0.1, 0.15) is 24.2 Å². The minimum absolute atomic E-state index is 0.120. The van der Waals surface area contributed by atoms with Crippen LogP contribution in [0, 0.1) is 11.2 Å². The molecule has 0 spiro atoms. The second-order valence-electron chi connectivity index (χ2n) is 4.48. The summed E-state index contributed by atoms with van der Waals surface area (Å²) in [7, 11) is 0. The topological polar surface area (TPSA) is 49.9 Å². The van der Waals surface area contributed by atoms with Crippen molar-refractivity contribution in [1.29, 1.82) is 5.41 Å². The van der Waals surface area contributed by atoms with Gasteiger partial charge in [-0.25, -0.2) is 4.39 Å². The van der Waals surface area contributed by atoms with Gasteiger partial charge in [-0.1, -0.05) is 61.2 Å². The lowest BCUT2D eigenvalue weighted by molar-refractivity contribution is 0.631. The zero-order chi connectivity index (χ0) is 14.5. The molecule has 3 N–H and O–H groups in total. The number of rotatable bonds is 4. The molecule has 0 saturated carbocycles. The first-order valence-electron chi connectivity index (χ1n) is 6.47. The van der Waals surface area contributed by atoms with Crippen molar-refractivity contribution in [2.75, 3.05) is 0 Å². The molecule has 0 aliphatic carbocycles. The second-order valence-corrected chi connectivity index (χ2v) is 5.73. The lowest BCUT2D eigenvalue weighted by Gasteiger charge is -2.14. The Morgan fingerprint density at radius 1 is 1.20 bits per heavy atom. The number of nitrogens with two attached hydrogens (primary N) is 1. The molecular weight excluding hydrogens is 271 g/mol. The quantitative estimate of drug-likeness (QED) is 0.639. The Kier molecular flexibility index (Phi) is 4.79. The van der Waals surface area contributed by atoms with E-state index < -0.39 is 0 Å². The Labute approximate surface area is 122 Å². The monoisotopic (exact) mass is 288 g/mol. The molecule has 0 aromatic heterocycles. The first kappa shape index (κ1) is 14.6. The summed E-state index contributed by atoms with van der Waals surface area (Å²) in [6.07, 6.45) is 0.892. The summed E-state index contributed by atoms with van der Waals surface area (Å²) < 4.78 is 13.7. The number of hydrogen-bond acceptors (Lipinski definition) is 2. The van der Waals surface area contributed by atoms with Gasteiger partial charge in [0.1, 0.15) is 5.82 Å². The smallest absolute Gasteiger partial charge is 0.151 e. The standard InChI is InChI=1S/C16H17FN2S/c1-2-15(20-16(18)19)12-9-7-11(8-10-12)13-5-3-4-6-14(13)17/h3-10,15H,2H2,1H3,(H3,18,19)/t15-/m0/s1. The van der Waals surface area contributed by atoms with Crippen molar-refractivity contribution < 1.29 is 4.39 Å². The van der Waals surface area contributed by atoms with Crippen molar-refractivity contribution >= 4 is 16.9 Å². The highest BCUT2D eigenvalue weighted by molar-refractivity contribution is 8.13. The molecule has 104 valence electrons. The third kappa shape index (κ3) is 3.39. The fourth-order valence-electron chi connectivity index (χ4n) is 2.11. The number of thioether (sulfide) groups is 1. The predicted octanol–water partition coefficient (Wildman–Crippen LogP) is 4.57. The van der Waals surface area contributed by atoms with Crippen LogP contribution in [0.4, 0.5) is 4.39 Å². The molecule has 0 heterocycles. The summed E-state index contributed by atoms with van der Waals surface area (Å²) in [5.41, 5.74) is 8.01. The van der Waals surface area contributed by atoms with E-state index in [2.05, 4.69) is 6.92 Å². The summed E-state index contributed by atoms with van der Waals surface area (Å²) in [5.74, 6) is -0.217. The molecule has 0 saturated heterocycles. The maximum absolute atomic E-state index is 13.7. The van der Waals surface area contributed by atoms with Crippen LogP contribution in [0.2, 0.25) is 0 Å². The predicted molar refractivity (Wildman–Crippen MR) is 84.4 cm³/mol. The molecule has 0 bridgehead atoms. The van der Waals surface area contributed by atoms with Gasteiger partial charge in [-0.2, -0.15) is 0 Å². The summed E-state index contributed by atoms with van der Waals surface area (Å²) in [6.45, 7) is 2.06. The van der Waals surface area contributed by atoms with E-state index >= 15 is 0 Å². The summed E-state index contributed by atoms with van der Waals surface area (Å²) in [4.78, 5) is 0. The van der Waals surface area contributed by atoms with E-state index in [0.29, 0.717) is 5.56 Å². The molecule has 0 radical (unpaired) electrons. The Bertz CT molecular complexity index is 596. The zero-order valence-corrected chi connectivity index (χ0v) is 12.1. The van der Waals surface area contributed by atoms with Gasteiger partial charge in [0.2, 0.25) is 0 Å². The molecule has 4 heteroatoms. The normalized spacial score (nSPS) is 12.1. The molecule has 2 rings (SSSR count). The highest BCUT2D eigenvalue weighted by atomic mass is 32.2. The highest BCUT2D eigenvalue weighted by Gasteiger charge is 2.12. The van der Waals surface area contributed by atoms with Gasteiger partial charge >= 0.3 is 0 Å². The Morgan fingerprint density at radius 2 is 1.85 bits per heavy atom. The van der Waals surface area contributed by atoms with Crippen molar-refractivity contribution in [1.82, 2.24) is 0 Å². The SMILES string of the molecule is CC[C@H](SC(=N)N)c1ccc(-c2ccccc2F)cc1. The van der Waals surface area contributed by atoms with Gasteiger partial charge in [-0.15, -0.1) is 0 Å². The van der Waals surface area contributed by atoms with Crippen molar-refractivity contribution in [3.63, 3.8) is 0 Å².